The summed E-state index contributed by atoms with van der Waals surface area (Å²) in [7, 11) is 0. The zero-order valence-electron chi connectivity index (χ0n) is 9.42. The monoisotopic (exact) mass is 308 g/mol. The number of carboxylic acid groups (broad SMARTS) is 1. The fourth-order valence-corrected chi connectivity index (χ4v) is 1.79. The molecule has 92 valence electrons. The number of aromatic carboxylic acids is 1. The SMILES string of the molecule is Cc1cc(C(=O)O)c(=O)n(-c2ccc(Br)cc2)n1. The van der Waals surface area contributed by atoms with E-state index in [0.29, 0.717) is 11.4 Å². The van der Waals surface area contributed by atoms with E-state index in [9.17, 15) is 9.59 Å². The lowest BCUT2D eigenvalue weighted by molar-refractivity contribution is 0.0694. The Morgan fingerprint density at radius 1 is 1.33 bits per heavy atom. The summed E-state index contributed by atoms with van der Waals surface area (Å²) in [5.74, 6) is -1.25. The van der Waals surface area contributed by atoms with Gasteiger partial charge in [0.1, 0.15) is 5.56 Å². The summed E-state index contributed by atoms with van der Waals surface area (Å²) < 4.78 is 1.95. The van der Waals surface area contributed by atoms with Gasteiger partial charge in [0.15, 0.2) is 0 Å². The van der Waals surface area contributed by atoms with E-state index in [0.717, 1.165) is 9.15 Å². The maximum atomic E-state index is 12.0. The van der Waals surface area contributed by atoms with Crippen molar-refractivity contribution in [2.75, 3.05) is 0 Å². The minimum Gasteiger partial charge on any atom is -0.477 e. The van der Waals surface area contributed by atoms with Crippen LogP contribution in [0.1, 0.15) is 16.1 Å². The van der Waals surface area contributed by atoms with Crippen molar-refractivity contribution in [3.63, 3.8) is 0 Å². The molecule has 0 saturated heterocycles. The summed E-state index contributed by atoms with van der Waals surface area (Å²) >= 11 is 3.29. The lowest BCUT2D eigenvalue weighted by atomic mass is 10.2. The Labute approximate surface area is 111 Å². The minimum atomic E-state index is -1.25. The van der Waals surface area contributed by atoms with Crippen molar-refractivity contribution in [2.24, 2.45) is 0 Å². The highest BCUT2D eigenvalue weighted by atomic mass is 79.9. The molecule has 0 fully saturated rings. The van der Waals surface area contributed by atoms with E-state index in [1.165, 1.54) is 6.07 Å². The van der Waals surface area contributed by atoms with Crippen LogP contribution in [0.15, 0.2) is 39.6 Å². The number of benzene rings is 1. The van der Waals surface area contributed by atoms with Gasteiger partial charge in [-0.3, -0.25) is 4.79 Å². The molecule has 0 spiro atoms. The third-order valence-corrected chi connectivity index (χ3v) is 2.86. The van der Waals surface area contributed by atoms with Crippen LogP contribution in [0.5, 0.6) is 0 Å². The quantitative estimate of drug-likeness (QED) is 0.921. The molecule has 0 radical (unpaired) electrons. The Balaban J connectivity index is 2.68. The van der Waals surface area contributed by atoms with Crippen LogP contribution in [-0.4, -0.2) is 20.9 Å². The summed E-state index contributed by atoms with van der Waals surface area (Å²) in [5, 5.41) is 13.0. The first-order valence-electron chi connectivity index (χ1n) is 5.09. The average molecular weight is 309 g/mol. The molecule has 18 heavy (non-hydrogen) atoms. The molecule has 0 bridgehead atoms. The number of rotatable bonds is 2. The lowest BCUT2D eigenvalue weighted by Crippen LogP contribution is -2.27. The zero-order valence-corrected chi connectivity index (χ0v) is 11.0. The van der Waals surface area contributed by atoms with Gasteiger partial charge in [0, 0.05) is 4.47 Å². The molecule has 1 heterocycles. The van der Waals surface area contributed by atoms with Gasteiger partial charge in [-0.2, -0.15) is 9.78 Å². The summed E-state index contributed by atoms with van der Waals surface area (Å²) in [5.41, 5.74) is 0.0603. The van der Waals surface area contributed by atoms with Gasteiger partial charge < -0.3 is 5.11 Å². The number of hydrogen-bond donors (Lipinski definition) is 1. The Morgan fingerprint density at radius 2 is 1.94 bits per heavy atom. The van der Waals surface area contributed by atoms with Gasteiger partial charge in [-0.25, -0.2) is 4.79 Å². The summed E-state index contributed by atoms with van der Waals surface area (Å²) in [6.07, 6.45) is 0. The maximum absolute atomic E-state index is 12.0. The molecule has 0 unspecified atom stereocenters. The van der Waals surface area contributed by atoms with Crippen molar-refractivity contribution >= 4 is 21.9 Å². The van der Waals surface area contributed by atoms with Crippen molar-refractivity contribution in [2.45, 2.75) is 6.92 Å². The van der Waals surface area contributed by atoms with Crippen molar-refractivity contribution in [1.29, 1.82) is 0 Å². The third kappa shape index (κ3) is 2.33. The average Bonchev–Trinajstić information content (AvgIpc) is 2.32. The molecule has 0 aliphatic heterocycles. The standard InChI is InChI=1S/C12H9BrN2O3/c1-7-6-10(12(17)18)11(16)15(14-7)9-4-2-8(13)3-5-9/h2-6H,1H3,(H,17,18). The second-order valence-corrected chi connectivity index (χ2v) is 4.61. The Morgan fingerprint density at radius 3 is 2.50 bits per heavy atom. The highest BCUT2D eigenvalue weighted by Crippen LogP contribution is 2.12. The molecule has 1 aromatic carbocycles. The van der Waals surface area contributed by atoms with E-state index in [2.05, 4.69) is 21.0 Å². The Hall–Kier alpha value is -1.95. The van der Waals surface area contributed by atoms with Crippen LogP contribution in [-0.2, 0) is 0 Å². The molecule has 0 atom stereocenters. The van der Waals surface area contributed by atoms with Crippen molar-refractivity contribution in [1.82, 2.24) is 9.78 Å². The van der Waals surface area contributed by atoms with Crippen LogP contribution in [0.4, 0.5) is 0 Å². The van der Waals surface area contributed by atoms with Crippen LogP contribution < -0.4 is 5.56 Å². The summed E-state index contributed by atoms with van der Waals surface area (Å²) in [6, 6.07) is 8.14. The predicted molar refractivity (Wildman–Crippen MR) is 69.2 cm³/mol. The highest BCUT2D eigenvalue weighted by Gasteiger charge is 2.13. The number of aryl methyl sites for hydroxylation is 1. The highest BCUT2D eigenvalue weighted by molar-refractivity contribution is 9.10. The first-order valence-corrected chi connectivity index (χ1v) is 5.88. The number of halogens is 1. The van der Waals surface area contributed by atoms with Gasteiger partial charge in [0.05, 0.1) is 11.4 Å². The minimum absolute atomic E-state index is 0.287. The largest absolute Gasteiger partial charge is 0.477 e. The molecule has 5 nitrogen and oxygen atoms in total. The number of nitrogens with zero attached hydrogens (tertiary/aromatic N) is 2. The zero-order chi connectivity index (χ0) is 13.3. The second kappa shape index (κ2) is 4.73. The van der Waals surface area contributed by atoms with E-state index in [-0.39, 0.29) is 5.56 Å². The Kier molecular flexibility index (Phi) is 3.29. The van der Waals surface area contributed by atoms with E-state index in [4.69, 9.17) is 5.11 Å². The number of carboxylic acids is 1. The molecule has 2 aromatic rings. The molecule has 0 aliphatic rings. The molecule has 0 aliphatic carbocycles. The third-order valence-electron chi connectivity index (χ3n) is 2.34. The van der Waals surface area contributed by atoms with E-state index >= 15 is 0 Å². The van der Waals surface area contributed by atoms with Crippen LogP contribution >= 0.6 is 15.9 Å². The second-order valence-electron chi connectivity index (χ2n) is 3.70. The normalized spacial score (nSPS) is 10.3. The van der Waals surface area contributed by atoms with Crippen LogP contribution in [0.3, 0.4) is 0 Å². The number of hydrogen-bond acceptors (Lipinski definition) is 3. The number of carbonyl (C=O) groups is 1. The topological polar surface area (TPSA) is 72.2 Å². The Bertz CT molecular complexity index is 662. The lowest BCUT2D eigenvalue weighted by Gasteiger charge is -2.06. The smallest absolute Gasteiger partial charge is 0.341 e. The van der Waals surface area contributed by atoms with Gasteiger partial charge in [-0.1, -0.05) is 15.9 Å². The van der Waals surface area contributed by atoms with Gasteiger partial charge in [-0.05, 0) is 37.3 Å². The van der Waals surface area contributed by atoms with Gasteiger partial charge in [0.2, 0.25) is 0 Å². The molecule has 1 N–H and O–H groups in total. The molecule has 0 saturated carbocycles. The van der Waals surface area contributed by atoms with Gasteiger partial charge in [-0.15, -0.1) is 0 Å². The predicted octanol–water partition coefficient (Wildman–Crippen LogP) is 2.00. The molecule has 0 amide bonds. The van der Waals surface area contributed by atoms with Crippen molar-refractivity contribution in [3.8, 4) is 5.69 Å². The molecular formula is C12H9BrN2O3. The first kappa shape index (κ1) is 12.5. The van der Waals surface area contributed by atoms with Gasteiger partial charge in [0.25, 0.3) is 5.56 Å². The molecule has 2 rings (SSSR count). The first-order chi connectivity index (χ1) is 8.49. The van der Waals surface area contributed by atoms with Crippen LogP contribution in [0, 0.1) is 6.92 Å². The van der Waals surface area contributed by atoms with Crippen LogP contribution in [0.2, 0.25) is 0 Å². The van der Waals surface area contributed by atoms with E-state index in [1.54, 1.807) is 31.2 Å². The van der Waals surface area contributed by atoms with E-state index < -0.39 is 11.5 Å². The fourth-order valence-electron chi connectivity index (χ4n) is 1.53. The van der Waals surface area contributed by atoms with Gasteiger partial charge >= 0.3 is 5.97 Å². The van der Waals surface area contributed by atoms with Crippen molar-refractivity contribution in [3.05, 3.63) is 56.4 Å². The summed E-state index contributed by atoms with van der Waals surface area (Å²) in [4.78, 5) is 22.9. The summed E-state index contributed by atoms with van der Waals surface area (Å²) in [6.45, 7) is 1.64. The number of aromatic nitrogens is 2. The van der Waals surface area contributed by atoms with Crippen molar-refractivity contribution < 1.29 is 9.90 Å². The maximum Gasteiger partial charge on any atom is 0.341 e. The molecular weight excluding hydrogens is 300 g/mol. The molecule has 1 aromatic heterocycles. The fraction of sp³-hybridized carbons (Fsp3) is 0.0833. The van der Waals surface area contributed by atoms with Crippen LogP contribution in [0.25, 0.3) is 5.69 Å². The molecule has 6 heteroatoms. The van der Waals surface area contributed by atoms with E-state index in [1.807, 2.05) is 0 Å².